The highest BCUT2D eigenvalue weighted by Crippen LogP contribution is 2.38. The van der Waals surface area contributed by atoms with E-state index in [4.69, 9.17) is 16.9 Å². The Bertz CT molecular complexity index is 646. The fourth-order valence-corrected chi connectivity index (χ4v) is 1.86. The van der Waals surface area contributed by atoms with Crippen LogP contribution in [-0.2, 0) is 4.79 Å². The van der Waals surface area contributed by atoms with Gasteiger partial charge in [-0.05, 0) is 17.7 Å². The van der Waals surface area contributed by atoms with E-state index in [1.807, 2.05) is 0 Å². The number of Topliss-reactive ketones (excluding diaryl/α,β-unsaturated/α-hetero) is 1. The number of nitriles is 1. The smallest absolute Gasteiger partial charge is 0.357 e. The minimum atomic E-state index is -5.25. The number of alkyl halides is 3. The molecule has 0 saturated heterocycles. The van der Waals surface area contributed by atoms with Crippen LogP contribution in [0.1, 0.15) is 5.56 Å². The van der Waals surface area contributed by atoms with E-state index in [1.165, 1.54) is 30.3 Å². The number of hydrogen-bond acceptors (Lipinski definition) is 4. The van der Waals surface area contributed by atoms with E-state index in [0.717, 1.165) is 0 Å². The molecule has 20 heavy (non-hydrogen) atoms. The average Bonchev–Trinajstić information content (AvgIpc) is 2.63. The van der Waals surface area contributed by atoms with Crippen LogP contribution in [-0.4, -0.2) is 22.8 Å². The molecule has 0 spiro atoms. The molecule has 1 aromatic rings. The number of benzene rings is 1. The molecule has 0 fully saturated rings. The molecule has 1 aliphatic heterocycles. The molecule has 0 amide bonds. The number of hydrogen-bond donors (Lipinski definition) is 2. The van der Waals surface area contributed by atoms with Gasteiger partial charge in [0.05, 0.1) is 5.70 Å². The molecular formula is C12H6ClF3N2O2. The first-order valence-corrected chi connectivity index (χ1v) is 5.61. The number of carbonyl (C=O) groups is 1. The molecule has 2 rings (SSSR count). The Balaban J connectivity index is 2.54. The lowest BCUT2D eigenvalue weighted by Crippen LogP contribution is -2.58. The van der Waals surface area contributed by atoms with E-state index in [1.54, 1.807) is 5.32 Å². The first-order valence-electron chi connectivity index (χ1n) is 5.23. The molecule has 0 aliphatic carbocycles. The molecule has 0 saturated carbocycles. The Morgan fingerprint density at radius 3 is 2.30 bits per heavy atom. The van der Waals surface area contributed by atoms with Gasteiger partial charge in [0.2, 0.25) is 5.78 Å². The van der Waals surface area contributed by atoms with Gasteiger partial charge >= 0.3 is 6.18 Å². The van der Waals surface area contributed by atoms with Crippen molar-refractivity contribution in [3.8, 4) is 6.07 Å². The van der Waals surface area contributed by atoms with Gasteiger partial charge in [0.25, 0.3) is 5.72 Å². The number of aliphatic hydroxyl groups is 1. The molecule has 1 aromatic carbocycles. The van der Waals surface area contributed by atoms with Crippen LogP contribution in [0.3, 0.4) is 0 Å². The molecule has 1 atom stereocenters. The first kappa shape index (κ1) is 14.4. The number of rotatable bonds is 1. The maximum Gasteiger partial charge on any atom is 0.444 e. The lowest BCUT2D eigenvalue weighted by Gasteiger charge is -2.25. The Hall–Kier alpha value is -2.04. The van der Waals surface area contributed by atoms with Crippen LogP contribution in [0.15, 0.2) is 29.8 Å². The van der Waals surface area contributed by atoms with Crippen molar-refractivity contribution in [2.45, 2.75) is 11.9 Å². The third kappa shape index (κ3) is 2.03. The van der Waals surface area contributed by atoms with Crippen molar-refractivity contribution in [1.82, 2.24) is 5.32 Å². The predicted octanol–water partition coefficient (Wildman–Crippen LogP) is 2.00. The van der Waals surface area contributed by atoms with Crippen molar-refractivity contribution in [1.29, 1.82) is 5.26 Å². The summed E-state index contributed by atoms with van der Waals surface area (Å²) in [5, 5.41) is 20.4. The van der Waals surface area contributed by atoms with E-state index in [0.29, 0.717) is 5.02 Å². The molecule has 1 heterocycles. The number of carbonyl (C=O) groups excluding carboxylic acids is 1. The van der Waals surface area contributed by atoms with Crippen molar-refractivity contribution >= 4 is 23.1 Å². The van der Waals surface area contributed by atoms with E-state index < -0.39 is 23.3 Å². The summed E-state index contributed by atoms with van der Waals surface area (Å²) in [7, 11) is 0. The van der Waals surface area contributed by atoms with E-state index in [9.17, 15) is 23.1 Å². The Labute approximate surface area is 116 Å². The highest BCUT2D eigenvalue weighted by Gasteiger charge is 2.64. The number of halogens is 4. The second kappa shape index (κ2) is 4.51. The molecule has 0 radical (unpaired) electrons. The summed E-state index contributed by atoms with van der Waals surface area (Å²) in [5.74, 6) is -1.72. The average molecular weight is 303 g/mol. The zero-order valence-corrected chi connectivity index (χ0v) is 10.4. The molecule has 1 aliphatic rings. The molecule has 0 aromatic heterocycles. The van der Waals surface area contributed by atoms with Gasteiger partial charge in [-0.2, -0.15) is 18.4 Å². The van der Waals surface area contributed by atoms with Crippen LogP contribution >= 0.6 is 11.6 Å². The summed E-state index contributed by atoms with van der Waals surface area (Å²) in [6.45, 7) is 0. The summed E-state index contributed by atoms with van der Waals surface area (Å²) >= 11 is 5.65. The highest BCUT2D eigenvalue weighted by atomic mass is 35.5. The van der Waals surface area contributed by atoms with Crippen LogP contribution < -0.4 is 5.32 Å². The first-order chi connectivity index (χ1) is 9.20. The molecular weight excluding hydrogens is 297 g/mol. The Morgan fingerprint density at radius 1 is 1.30 bits per heavy atom. The predicted molar refractivity (Wildman–Crippen MR) is 63.1 cm³/mol. The highest BCUT2D eigenvalue weighted by molar-refractivity contribution is 6.30. The Morgan fingerprint density at radius 2 is 1.85 bits per heavy atom. The van der Waals surface area contributed by atoms with Gasteiger partial charge in [-0.1, -0.05) is 23.7 Å². The number of ketones is 1. The number of nitrogens with zero attached hydrogens (tertiary/aromatic N) is 1. The molecule has 4 nitrogen and oxygen atoms in total. The third-order valence-corrected chi connectivity index (χ3v) is 3.02. The summed E-state index contributed by atoms with van der Waals surface area (Å²) in [4.78, 5) is 11.6. The van der Waals surface area contributed by atoms with Crippen LogP contribution in [0, 0.1) is 11.3 Å². The van der Waals surface area contributed by atoms with Gasteiger partial charge in [0.1, 0.15) is 11.6 Å². The summed E-state index contributed by atoms with van der Waals surface area (Å²) in [6, 6.07) is 6.81. The van der Waals surface area contributed by atoms with E-state index in [2.05, 4.69) is 0 Å². The normalized spacial score (nSPS) is 22.7. The lowest BCUT2D eigenvalue weighted by molar-refractivity contribution is -0.252. The molecule has 104 valence electrons. The van der Waals surface area contributed by atoms with Crippen molar-refractivity contribution in [3.05, 3.63) is 40.4 Å². The van der Waals surface area contributed by atoms with Crippen LogP contribution in [0.25, 0.3) is 5.70 Å². The van der Waals surface area contributed by atoms with Crippen LogP contribution in [0.4, 0.5) is 13.2 Å². The molecule has 1 unspecified atom stereocenters. The zero-order chi connectivity index (χ0) is 15.1. The molecule has 2 N–H and O–H groups in total. The van der Waals surface area contributed by atoms with Crippen LogP contribution in [0.5, 0.6) is 0 Å². The topological polar surface area (TPSA) is 73.1 Å². The summed E-state index contributed by atoms with van der Waals surface area (Å²) in [5.41, 5.74) is -4.81. The second-order valence-electron chi connectivity index (χ2n) is 4.03. The SMILES string of the molecule is N#CC1=C(c2ccc(Cl)cc2)NC(O)(C(F)(F)F)C1=O. The molecule has 8 heteroatoms. The van der Waals surface area contributed by atoms with E-state index in [-0.39, 0.29) is 11.3 Å². The third-order valence-electron chi connectivity index (χ3n) is 2.77. The van der Waals surface area contributed by atoms with Gasteiger partial charge in [0.15, 0.2) is 0 Å². The maximum absolute atomic E-state index is 12.8. The second-order valence-corrected chi connectivity index (χ2v) is 4.47. The monoisotopic (exact) mass is 302 g/mol. The maximum atomic E-state index is 12.8. The van der Waals surface area contributed by atoms with Crippen molar-refractivity contribution < 1.29 is 23.1 Å². The fourth-order valence-electron chi connectivity index (χ4n) is 1.73. The minimum absolute atomic E-state index is 0.138. The summed E-state index contributed by atoms with van der Waals surface area (Å²) < 4.78 is 38.3. The standard InChI is InChI=1S/C12H6ClF3N2O2/c13-7-3-1-6(2-4-7)9-8(5-17)10(19)11(20,18-9)12(14,15)16/h1-4,18,20H. The van der Waals surface area contributed by atoms with Gasteiger partial charge in [-0.3, -0.25) is 4.79 Å². The van der Waals surface area contributed by atoms with Gasteiger partial charge in [0, 0.05) is 5.02 Å². The minimum Gasteiger partial charge on any atom is -0.357 e. The molecule has 0 bridgehead atoms. The largest absolute Gasteiger partial charge is 0.444 e. The lowest BCUT2D eigenvalue weighted by atomic mass is 10.0. The van der Waals surface area contributed by atoms with Crippen LogP contribution in [0.2, 0.25) is 5.02 Å². The summed E-state index contributed by atoms with van der Waals surface area (Å²) in [6.07, 6.45) is -5.25. The zero-order valence-electron chi connectivity index (χ0n) is 9.62. The quantitative estimate of drug-likeness (QED) is 0.832. The van der Waals surface area contributed by atoms with Crippen molar-refractivity contribution in [3.63, 3.8) is 0 Å². The number of nitrogens with one attached hydrogen (secondary N) is 1. The van der Waals surface area contributed by atoms with Gasteiger partial charge in [-0.15, -0.1) is 0 Å². The van der Waals surface area contributed by atoms with E-state index >= 15 is 0 Å². The van der Waals surface area contributed by atoms with Gasteiger partial charge < -0.3 is 10.4 Å². The van der Waals surface area contributed by atoms with Crippen molar-refractivity contribution in [2.24, 2.45) is 0 Å². The fraction of sp³-hybridized carbons (Fsp3) is 0.167. The van der Waals surface area contributed by atoms with Crippen molar-refractivity contribution in [2.75, 3.05) is 0 Å². The Kier molecular flexibility index (Phi) is 3.24. The van der Waals surface area contributed by atoms with Gasteiger partial charge in [-0.25, -0.2) is 0 Å².